The molecular weight excluding hydrogens is 787 g/mol. The van der Waals surface area contributed by atoms with E-state index in [1.165, 1.54) is 4.90 Å². The van der Waals surface area contributed by atoms with Crippen LogP contribution in [0.4, 0.5) is 0 Å². The number of carbonyl (C=O) groups is 4. The quantitative estimate of drug-likeness (QED) is 0.0793. The van der Waals surface area contributed by atoms with Crippen LogP contribution in [0, 0.1) is 39.9 Å². The van der Waals surface area contributed by atoms with Gasteiger partial charge in [-0.15, -0.1) is 0 Å². The molecule has 47 heavy (non-hydrogen) atoms. The molecule has 2 aromatic carbocycles. The molecule has 0 heterocycles. The molecule has 0 spiro atoms. The predicted molar refractivity (Wildman–Crippen MR) is 162 cm³/mol. The molecule has 0 aliphatic rings. The van der Waals surface area contributed by atoms with Crippen molar-refractivity contribution in [3.8, 4) is 0 Å². The number of carboxylic acid groups (broad SMARTS) is 4. The van der Waals surface area contributed by atoms with Crippen LogP contribution in [0.25, 0.3) is 0 Å². The Balaban J connectivity index is 0.0000110. The number of carboxylic acids is 4. The molecule has 0 aliphatic heterocycles. The summed E-state index contributed by atoms with van der Waals surface area (Å²) < 4.78 is 23.0. The second-order valence-electron chi connectivity index (χ2n) is 10.4. The zero-order chi connectivity index (χ0) is 34.1. The minimum Gasteiger partial charge on any atom is -0.480 e. The molecule has 6 N–H and O–H groups in total. The molecule has 0 bridgehead atoms. The van der Waals surface area contributed by atoms with Crippen molar-refractivity contribution in [3.63, 3.8) is 0 Å². The van der Waals surface area contributed by atoms with E-state index in [1.54, 1.807) is 60.7 Å². The van der Waals surface area contributed by atoms with Crippen LogP contribution in [-0.2, 0) is 46.4 Å². The van der Waals surface area contributed by atoms with E-state index in [0.29, 0.717) is 0 Å². The van der Waals surface area contributed by atoms with Gasteiger partial charge in [-0.25, -0.2) is 0 Å². The van der Waals surface area contributed by atoms with Gasteiger partial charge in [0.15, 0.2) is 0 Å². The monoisotopic (exact) mass is 827 g/mol. The number of nitrogens with zero attached hydrogens (tertiary/aromatic N) is 3. The molecular formula is C29H40GdN3O13P+3. The van der Waals surface area contributed by atoms with Crippen LogP contribution in [0.1, 0.15) is 11.1 Å². The molecule has 0 fully saturated rings. The number of rotatable bonds is 24. The van der Waals surface area contributed by atoms with Gasteiger partial charge in [-0.1, -0.05) is 60.7 Å². The Bertz CT molecular complexity index is 1220. The number of ether oxygens (including phenoxy) is 2. The molecule has 2 aromatic rings. The summed E-state index contributed by atoms with van der Waals surface area (Å²) in [7, 11) is -4.71. The van der Waals surface area contributed by atoms with Crippen LogP contribution < -0.4 is 0 Å². The maximum Gasteiger partial charge on any atom is 3.00 e. The average Bonchev–Trinajstić information content (AvgIpc) is 2.97. The van der Waals surface area contributed by atoms with Crippen LogP contribution in [0.3, 0.4) is 0 Å². The third-order valence-electron chi connectivity index (χ3n) is 6.69. The van der Waals surface area contributed by atoms with Crippen LogP contribution >= 0.6 is 7.60 Å². The van der Waals surface area contributed by atoms with Gasteiger partial charge < -0.3 is 39.7 Å². The largest absolute Gasteiger partial charge is 3.00 e. The van der Waals surface area contributed by atoms with Gasteiger partial charge in [-0.05, 0) is 11.1 Å². The molecule has 2 rings (SSSR count). The Labute approximate surface area is 303 Å². The van der Waals surface area contributed by atoms with E-state index in [-0.39, 0.29) is 92.5 Å². The van der Waals surface area contributed by atoms with Gasteiger partial charge in [-0.2, -0.15) is 0 Å². The Kier molecular flexibility index (Phi) is 20.2. The van der Waals surface area contributed by atoms with E-state index in [0.717, 1.165) is 20.9 Å². The first kappa shape index (κ1) is 42.6. The standard InChI is InChI=1S/C29H40N3O13P.Gd/c33-26(34)15-31(24(28(37)38)19-44-17-22-7-3-1-4-8-22)13-11-30(21-46(41,42)43)12-14-32(16-27(35)36)25(29(39)40)20-45-18-23-9-5-2-6-10-23;/h1-10,24-25H,11-21H2,(H,33,34)(H,35,36)(H,37,38)(H,39,40)(H2,41,42,43);/q;+3. The van der Waals surface area contributed by atoms with Crippen LogP contribution in [0.15, 0.2) is 60.7 Å². The smallest absolute Gasteiger partial charge is 0.480 e. The van der Waals surface area contributed by atoms with Crippen molar-refractivity contribution in [2.75, 3.05) is 58.8 Å². The van der Waals surface area contributed by atoms with E-state index in [2.05, 4.69) is 0 Å². The van der Waals surface area contributed by atoms with Crippen molar-refractivity contribution >= 4 is 31.5 Å². The molecule has 2 unspecified atom stereocenters. The fraction of sp³-hybridized carbons (Fsp3) is 0.448. The van der Waals surface area contributed by atoms with E-state index < -0.39 is 62.9 Å². The third-order valence-corrected chi connectivity index (χ3v) is 7.46. The van der Waals surface area contributed by atoms with Gasteiger partial charge in [0.25, 0.3) is 0 Å². The third kappa shape index (κ3) is 18.1. The number of hydrogen-bond acceptors (Lipinski definition) is 10. The Morgan fingerprint density at radius 2 is 1.00 bits per heavy atom. The van der Waals surface area contributed by atoms with Gasteiger partial charge in [0.2, 0.25) is 0 Å². The van der Waals surface area contributed by atoms with Crippen molar-refractivity contribution < 1.29 is 103 Å². The zero-order valence-electron chi connectivity index (χ0n) is 25.4. The summed E-state index contributed by atoms with van der Waals surface area (Å²) in [5, 5.41) is 38.6. The molecule has 1 radical (unpaired) electrons. The summed E-state index contributed by atoms with van der Waals surface area (Å²) in [6, 6.07) is 14.9. The normalized spacial score (nSPS) is 12.9. The number of benzene rings is 2. The van der Waals surface area contributed by atoms with Crippen molar-refractivity contribution in [2.45, 2.75) is 25.3 Å². The molecule has 0 aromatic heterocycles. The molecule has 0 saturated heterocycles. The summed E-state index contributed by atoms with van der Waals surface area (Å²) in [6.45, 7) is -3.13. The summed E-state index contributed by atoms with van der Waals surface area (Å²) in [5.41, 5.74) is 1.53. The maximum absolute atomic E-state index is 12.1. The SMILES string of the molecule is O=C(O)CN(CCN(CCN(CC(=O)O)C(COCc1ccccc1)C(=O)O)CP(=O)(O)O)C(COCc1ccccc1)C(=O)O.[Gd+3]. The van der Waals surface area contributed by atoms with Gasteiger partial charge in [0, 0.05) is 26.2 Å². The Hall–Kier alpha value is -2.41. The molecule has 0 saturated carbocycles. The van der Waals surface area contributed by atoms with Crippen molar-refractivity contribution in [3.05, 3.63) is 71.8 Å². The van der Waals surface area contributed by atoms with E-state index in [1.807, 2.05) is 0 Å². The minimum atomic E-state index is -4.71. The predicted octanol–water partition coefficient (Wildman–Crippen LogP) is 0.537. The average molecular weight is 827 g/mol. The second-order valence-corrected chi connectivity index (χ2v) is 12.0. The minimum absolute atomic E-state index is 0. The van der Waals surface area contributed by atoms with Gasteiger partial charge >= 0.3 is 71.4 Å². The molecule has 0 amide bonds. The fourth-order valence-electron chi connectivity index (χ4n) is 4.48. The van der Waals surface area contributed by atoms with Crippen LogP contribution in [0.2, 0.25) is 0 Å². The van der Waals surface area contributed by atoms with Gasteiger partial charge in [-0.3, -0.25) is 38.4 Å². The van der Waals surface area contributed by atoms with Gasteiger partial charge in [0.1, 0.15) is 18.4 Å². The summed E-state index contributed by atoms with van der Waals surface area (Å²) in [5.74, 6) is -5.43. The fourth-order valence-corrected chi connectivity index (χ4v) is 5.29. The van der Waals surface area contributed by atoms with E-state index in [4.69, 9.17) is 9.47 Å². The molecule has 0 aliphatic carbocycles. The van der Waals surface area contributed by atoms with E-state index in [9.17, 15) is 54.0 Å². The topological polar surface area (TPSA) is 235 Å². The molecule has 259 valence electrons. The van der Waals surface area contributed by atoms with Crippen molar-refractivity contribution in [2.24, 2.45) is 0 Å². The van der Waals surface area contributed by atoms with Crippen molar-refractivity contribution in [1.82, 2.24) is 14.7 Å². The van der Waals surface area contributed by atoms with Crippen LogP contribution in [-0.4, -0.2) is 140 Å². The van der Waals surface area contributed by atoms with Crippen LogP contribution in [0.5, 0.6) is 0 Å². The maximum atomic E-state index is 12.1. The summed E-state index contributed by atoms with van der Waals surface area (Å²) in [4.78, 5) is 70.1. The Morgan fingerprint density at radius 3 is 1.30 bits per heavy atom. The number of hydrogen-bond donors (Lipinski definition) is 6. The molecule has 16 nitrogen and oxygen atoms in total. The van der Waals surface area contributed by atoms with Crippen molar-refractivity contribution in [1.29, 1.82) is 0 Å². The first-order valence-electron chi connectivity index (χ1n) is 14.1. The second kappa shape index (κ2) is 22.3. The number of aliphatic carboxylic acids is 4. The first-order chi connectivity index (χ1) is 21.7. The zero-order valence-corrected chi connectivity index (χ0v) is 28.6. The van der Waals surface area contributed by atoms with E-state index >= 15 is 0 Å². The molecule has 18 heteroatoms. The van der Waals surface area contributed by atoms with Gasteiger partial charge in [0.05, 0.1) is 39.5 Å². The molecule has 2 atom stereocenters. The Morgan fingerprint density at radius 1 is 0.638 bits per heavy atom. The summed E-state index contributed by atoms with van der Waals surface area (Å²) >= 11 is 0. The first-order valence-corrected chi connectivity index (χ1v) is 15.9. The summed E-state index contributed by atoms with van der Waals surface area (Å²) in [6.07, 6.45) is -0.834.